The number of hydrogen-bond donors (Lipinski definition) is 0. The minimum atomic E-state index is -1.19. The Morgan fingerprint density at radius 1 is 1.09 bits per heavy atom. The smallest absolute Gasteiger partial charge is 0.257 e. The number of ether oxygens (including phenoxy) is 1. The minimum absolute atomic E-state index is 0.159. The molecular weight excluding hydrogens is 537 g/mol. The van der Waals surface area contributed by atoms with Crippen molar-refractivity contribution in [3.05, 3.63) is 97.7 Å². The number of pyridine rings is 1. The number of aromatic nitrogens is 1. The summed E-state index contributed by atoms with van der Waals surface area (Å²) in [5, 5.41) is 10.5. The summed E-state index contributed by atoms with van der Waals surface area (Å²) in [6.07, 6.45) is 3.84. The fraction of sp³-hybridized carbons (Fsp3) is 0.269. The lowest BCUT2D eigenvalue weighted by Gasteiger charge is -2.40. The summed E-state index contributed by atoms with van der Waals surface area (Å²) in [6.45, 7) is 0.576. The predicted octanol–water partition coefficient (Wildman–Crippen LogP) is 6.72. The molecule has 2 aliphatic rings. The number of carbonyl (C=O) groups excluding carboxylic acids is 1. The second-order valence-corrected chi connectivity index (χ2v) is 10.6. The lowest BCUT2D eigenvalue weighted by Crippen LogP contribution is -2.47. The van der Waals surface area contributed by atoms with Crippen molar-refractivity contribution in [2.24, 2.45) is 5.41 Å². The van der Waals surface area contributed by atoms with Crippen molar-refractivity contribution in [1.29, 1.82) is 5.26 Å². The monoisotopic (exact) mass is 555 g/mol. The van der Waals surface area contributed by atoms with E-state index in [-0.39, 0.29) is 17.9 Å². The molecular formula is C26H20BrCl2N3O2. The number of carbonyl (C=O) groups is 1. The summed E-state index contributed by atoms with van der Waals surface area (Å²) in [5.41, 5.74) is 1.41. The summed E-state index contributed by atoms with van der Waals surface area (Å²) in [5.74, 6) is -0.159. The molecule has 3 aromatic rings. The maximum absolute atomic E-state index is 13.8. The normalized spacial score (nSPS) is 20.2. The third-order valence-corrected chi connectivity index (χ3v) is 7.51. The van der Waals surface area contributed by atoms with Gasteiger partial charge in [-0.05, 0) is 49.2 Å². The van der Waals surface area contributed by atoms with E-state index in [1.54, 1.807) is 35.4 Å². The van der Waals surface area contributed by atoms with E-state index in [4.69, 9.17) is 27.9 Å². The Labute approximate surface area is 216 Å². The average Bonchev–Trinajstić information content (AvgIpc) is 3.56. The number of amides is 1. The second kappa shape index (κ2) is 8.98. The van der Waals surface area contributed by atoms with E-state index in [1.807, 2.05) is 30.3 Å². The Morgan fingerprint density at radius 2 is 1.82 bits per heavy atom. The molecule has 1 atom stereocenters. The summed E-state index contributed by atoms with van der Waals surface area (Å²) < 4.78 is 7.59. The number of rotatable bonds is 7. The Hall–Kier alpha value is -2.43. The standard InChI is InChI=1S/C26H20BrCl2N3O2/c27-18-3-8-23-22(13-18)24(33)32(15-21-7-6-20(29)14-31-21)26(23,17-1-4-19(28)5-2-17)34-16-25(9-10-25)11-12-30/h1-8,13-14H,9-11,15-16H2. The van der Waals surface area contributed by atoms with Crippen molar-refractivity contribution in [2.75, 3.05) is 6.61 Å². The van der Waals surface area contributed by atoms with Gasteiger partial charge in [0.25, 0.3) is 5.91 Å². The highest BCUT2D eigenvalue weighted by Crippen LogP contribution is 2.53. The molecule has 1 fully saturated rings. The van der Waals surface area contributed by atoms with Gasteiger partial charge in [0, 0.05) is 44.2 Å². The van der Waals surface area contributed by atoms with Gasteiger partial charge >= 0.3 is 0 Å². The van der Waals surface area contributed by atoms with E-state index >= 15 is 0 Å². The largest absolute Gasteiger partial charge is 0.346 e. The topological polar surface area (TPSA) is 66.2 Å². The first-order chi connectivity index (χ1) is 16.4. The third-order valence-electron chi connectivity index (χ3n) is 6.55. The Morgan fingerprint density at radius 3 is 2.47 bits per heavy atom. The van der Waals surface area contributed by atoms with Gasteiger partial charge in [-0.1, -0.05) is 57.3 Å². The molecule has 34 heavy (non-hydrogen) atoms. The van der Waals surface area contributed by atoms with Crippen molar-refractivity contribution in [3.63, 3.8) is 0 Å². The molecule has 2 heterocycles. The van der Waals surface area contributed by atoms with Crippen LogP contribution in [0.4, 0.5) is 0 Å². The van der Waals surface area contributed by atoms with Gasteiger partial charge in [0.05, 0.1) is 29.9 Å². The zero-order valence-electron chi connectivity index (χ0n) is 18.1. The molecule has 1 amide bonds. The second-order valence-electron chi connectivity index (χ2n) is 8.82. The van der Waals surface area contributed by atoms with Gasteiger partial charge in [-0.3, -0.25) is 14.7 Å². The molecule has 1 aliphatic carbocycles. The highest BCUT2D eigenvalue weighted by atomic mass is 79.9. The first kappa shape index (κ1) is 23.3. The van der Waals surface area contributed by atoms with Crippen molar-refractivity contribution in [2.45, 2.75) is 31.5 Å². The van der Waals surface area contributed by atoms with Crippen LogP contribution >= 0.6 is 39.1 Å². The fourth-order valence-corrected chi connectivity index (χ4v) is 5.07. The molecule has 0 bridgehead atoms. The number of benzene rings is 2. The van der Waals surface area contributed by atoms with Gasteiger partial charge in [-0.15, -0.1) is 0 Å². The average molecular weight is 557 g/mol. The summed E-state index contributed by atoms with van der Waals surface area (Å²) >= 11 is 15.7. The van der Waals surface area contributed by atoms with Crippen LogP contribution < -0.4 is 0 Å². The maximum atomic E-state index is 13.8. The quantitative estimate of drug-likeness (QED) is 0.324. The molecule has 2 aromatic carbocycles. The number of nitrogens with zero attached hydrogens (tertiary/aromatic N) is 3. The summed E-state index contributed by atoms with van der Waals surface area (Å²) in [4.78, 5) is 20.0. The predicted molar refractivity (Wildman–Crippen MR) is 133 cm³/mol. The first-order valence-electron chi connectivity index (χ1n) is 10.9. The van der Waals surface area contributed by atoms with Crippen LogP contribution in [0.5, 0.6) is 0 Å². The van der Waals surface area contributed by atoms with Crippen molar-refractivity contribution >= 4 is 45.0 Å². The number of hydrogen-bond acceptors (Lipinski definition) is 4. The first-order valence-corrected chi connectivity index (χ1v) is 12.4. The SMILES string of the molecule is N#CCC1(COC2(c3ccc(Cl)cc3)c3ccc(Br)cc3C(=O)N2Cc2ccc(Cl)cn2)CC1. The van der Waals surface area contributed by atoms with Crippen LogP contribution in [0.1, 0.15) is 46.4 Å². The van der Waals surface area contributed by atoms with Crippen LogP contribution in [-0.2, 0) is 17.0 Å². The Bertz CT molecular complexity index is 1290. The van der Waals surface area contributed by atoms with E-state index in [9.17, 15) is 10.1 Å². The van der Waals surface area contributed by atoms with Crippen LogP contribution in [0.3, 0.4) is 0 Å². The Kier molecular flexibility index (Phi) is 6.16. The van der Waals surface area contributed by atoms with E-state index < -0.39 is 5.72 Å². The molecule has 1 aromatic heterocycles. The van der Waals surface area contributed by atoms with Gasteiger partial charge in [-0.2, -0.15) is 5.26 Å². The van der Waals surface area contributed by atoms with Crippen molar-refractivity contribution in [3.8, 4) is 6.07 Å². The van der Waals surface area contributed by atoms with Gasteiger partial charge in [0.1, 0.15) is 0 Å². The fourth-order valence-electron chi connectivity index (χ4n) is 4.47. The van der Waals surface area contributed by atoms with Gasteiger partial charge < -0.3 is 4.74 Å². The summed E-state index contributed by atoms with van der Waals surface area (Å²) in [6, 6.07) is 18.9. The van der Waals surface area contributed by atoms with E-state index in [0.29, 0.717) is 34.3 Å². The zero-order valence-corrected chi connectivity index (χ0v) is 21.2. The molecule has 172 valence electrons. The number of fused-ring (bicyclic) bond motifs is 1. The molecule has 0 N–H and O–H groups in total. The lowest BCUT2D eigenvalue weighted by molar-refractivity contribution is -0.125. The third kappa shape index (κ3) is 4.12. The molecule has 0 saturated heterocycles. The van der Waals surface area contributed by atoms with Crippen LogP contribution in [0, 0.1) is 16.7 Å². The summed E-state index contributed by atoms with van der Waals surface area (Å²) in [7, 11) is 0. The van der Waals surface area contributed by atoms with Crippen LogP contribution in [0.2, 0.25) is 10.0 Å². The highest BCUT2D eigenvalue weighted by Gasteiger charge is 2.54. The minimum Gasteiger partial charge on any atom is -0.346 e. The van der Waals surface area contributed by atoms with Crippen molar-refractivity contribution < 1.29 is 9.53 Å². The van der Waals surface area contributed by atoms with E-state index in [0.717, 1.165) is 28.4 Å². The Balaban J connectivity index is 1.66. The zero-order chi connectivity index (χ0) is 23.9. The molecule has 1 aliphatic heterocycles. The van der Waals surface area contributed by atoms with Gasteiger partial charge in [0.2, 0.25) is 0 Å². The molecule has 0 spiro atoms. The highest BCUT2D eigenvalue weighted by molar-refractivity contribution is 9.10. The van der Waals surface area contributed by atoms with E-state index in [1.165, 1.54) is 0 Å². The van der Waals surface area contributed by atoms with Crippen LogP contribution in [0.15, 0.2) is 65.3 Å². The van der Waals surface area contributed by atoms with Gasteiger partial charge in [0.15, 0.2) is 5.72 Å². The maximum Gasteiger partial charge on any atom is 0.257 e. The molecule has 1 unspecified atom stereocenters. The number of halogens is 3. The lowest BCUT2D eigenvalue weighted by atomic mass is 9.92. The number of nitriles is 1. The van der Waals surface area contributed by atoms with Crippen LogP contribution in [-0.4, -0.2) is 22.4 Å². The molecule has 5 rings (SSSR count). The molecule has 8 heteroatoms. The van der Waals surface area contributed by atoms with Crippen molar-refractivity contribution in [1.82, 2.24) is 9.88 Å². The molecule has 0 radical (unpaired) electrons. The van der Waals surface area contributed by atoms with Crippen LogP contribution in [0.25, 0.3) is 0 Å². The van der Waals surface area contributed by atoms with E-state index in [2.05, 4.69) is 27.0 Å². The molecule has 1 saturated carbocycles. The molecule has 5 nitrogen and oxygen atoms in total. The van der Waals surface area contributed by atoms with Gasteiger partial charge in [-0.25, -0.2) is 0 Å².